The lowest BCUT2D eigenvalue weighted by atomic mass is 10.1. The molecule has 27 heavy (non-hydrogen) atoms. The highest BCUT2D eigenvalue weighted by Crippen LogP contribution is 2.17. The summed E-state index contributed by atoms with van der Waals surface area (Å²) in [5, 5.41) is 7.07. The van der Waals surface area contributed by atoms with Crippen molar-refractivity contribution in [1.29, 1.82) is 0 Å². The minimum absolute atomic E-state index is 0.265. The molecule has 2 aromatic heterocycles. The van der Waals surface area contributed by atoms with Gasteiger partial charge in [-0.15, -0.1) is 0 Å². The van der Waals surface area contributed by atoms with Crippen molar-refractivity contribution in [1.82, 2.24) is 19.5 Å². The third-order valence-corrected chi connectivity index (χ3v) is 4.71. The molecule has 140 valence electrons. The smallest absolute Gasteiger partial charge is 0.276 e. The molecule has 0 unspecified atom stereocenters. The standard InChI is InChI=1S/C20H23N5O2/c26-20(18-15-19-21-9-4-12-25(19)23-18)22-16-5-7-17(8-6-16)27-14-13-24-10-2-1-3-11-24/h4-9,12,15H,1-3,10-11,13-14H2,(H,22,26). The Bertz CT molecular complexity index is 867. The van der Waals surface area contributed by atoms with Crippen LogP contribution in [0.25, 0.3) is 5.65 Å². The molecule has 3 heterocycles. The van der Waals surface area contributed by atoms with E-state index in [-0.39, 0.29) is 5.91 Å². The van der Waals surface area contributed by atoms with Crippen molar-refractivity contribution in [2.24, 2.45) is 0 Å². The lowest BCUT2D eigenvalue weighted by Gasteiger charge is -2.26. The molecule has 0 aliphatic carbocycles. The predicted octanol–water partition coefficient (Wildman–Crippen LogP) is 2.85. The Labute approximate surface area is 158 Å². The highest BCUT2D eigenvalue weighted by Gasteiger charge is 2.12. The highest BCUT2D eigenvalue weighted by molar-refractivity contribution is 6.03. The van der Waals surface area contributed by atoms with Gasteiger partial charge in [0.25, 0.3) is 5.91 Å². The maximum atomic E-state index is 12.4. The zero-order valence-corrected chi connectivity index (χ0v) is 15.2. The molecule has 1 aliphatic heterocycles. The Morgan fingerprint density at radius 3 is 2.74 bits per heavy atom. The number of amides is 1. The van der Waals surface area contributed by atoms with Crippen LogP contribution in [0.4, 0.5) is 5.69 Å². The van der Waals surface area contributed by atoms with Crippen LogP contribution in [0, 0.1) is 0 Å². The normalized spacial score (nSPS) is 15.0. The summed E-state index contributed by atoms with van der Waals surface area (Å²) >= 11 is 0. The number of piperidine rings is 1. The molecule has 1 aliphatic rings. The third kappa shape index (κ3) is 4.43. The SMILES string of the molecule is O=C(Nc1ccc(OCCN2CCCCC2)cc1)c1cc2ncccn2n1. The van der Waals surface area contributed by atoms with Crippen LogP contribution in [0.5, 0.6) is 5.75 Å². The quantitative estimate of drug-likeness (QED) is 0.727. The molecule has 1 fully saturated rings. The summed E-state index contributed by atoms with van der Waals surface area (Å²) < 4.78 is 7.39. The largest absolute Gasteiger partial charge is 0.492 e. The van der Waals surface area contributed by atoms with E-state index in [0.717, 1.165) is 12.3 Å². The van der Waals surface area contributed by atoms with Gasteiger partial charge in [0.2, 0.25) is 0 Å². The van der Waals surface area contributed by atoms with E-state index in [9.17, 15) is 4.79 Å². The molecule has 7 heteroatoms. The van der Waals surface area contributed by atoms with Gasteiger partial charge in [-0.05, 0) is 56.3 Å². The summed E-state index contributed by atoms with van der Waals surface area (Å²) in [5.74, 6) is 0.543. The van der Waals surface area contributed by atoms with Crippen LogP contribution < -0.4 is 10.1 Å². The van der Waals surface area contributed by atoms with Gasteiger partial charge in [-0.3, -0.25) is 9.69 Å². The van der Waals surface area contributed by atoms with E-state index in [0.29, 0.717) is 23.6 Å². The summed E-state index contributed by atoms with van der Waals surface area (Å²) in [6, 6.07) is 10.8. The first-order chi connectivity index (χ1) is 13.3. The number of nitrogens with zero attached hydrogens (tertiary/aromatic N) is 4. The van der Waals surface area contributed by atoms with E-state index in [1.807, 2.05) is 24.3 Å². The molecule has 0 bridgehead atoms. The molecule has 3 aromatic rings. The van der Waals surface area contributed by atoms with Crippen molar-refractivity contribution in [3.63, 3.8) is 0 Å². The van der Waals surface area contributed by atoms with E-state index in [1.54, 1.807) is 29.0 Å². The summed E-state index contributed by atoms with van der Waals surface area (Å²) in [6.07, 6.45) is 7.35. The van der Waals surface area contributed by atoms with Crippen molar-refractivity contribution < 1.29 is 9.53 Å². The van der Waals surface area contributed by atoms with Crippen LogP contribution >= 0.6 is 0 Å². The molecule has 1 aromatic carbocycles. The van der Waals surface area contributed by atoms with Gasteiger partial charge in [0, 0.05) is 30.7 Å². The highest BCUT2D eigenvalue weighted by atomic mass is 16.5. The summed E-state index contributed by atoms with van der Waals surface area (Å²) in [7, 11) is 0. The van der Waals surface area contributed by atoms with Gasteiger partial charge >= 0.3 is 0 Å². The van der Waals surface area contributed by atoms with Gasteiger partial charge in [-0.25, -0.2) is 9.50 Å². The Balaban J connectivity index is 1.29. The van der Waals surface area contributed by atoms with Gasteiger partial charge < -0.3 is 10.1 Å². The fraction of sp³-hybridized carbons (Fsp3) is 0.350. The van der Waals surface area contributed by atoms with Gasteiger partial charge in [0.05, 0.1) is 0 Å². The fourth-order valence-corrected chi connectivity index (χ4v) is 3.25. The van der Waals surface area contributed by atoms with E-state index < -0.39 is 0 Å². The minimum atomic E-state index is -0.265. The summed E-state index contributed by atoms with van der Waals surface area (Å²) in [5.41, 5.74) is 1.67. The fourth-order valence-electron chi connectivity index (χ4n) is 3.25. The second-order valence-electron chi connectivity index (χ2n) is 6.68. The molecular formula is C20H23N5O2. The molecule has 0 saturated carbocycles. The van der Waals surface area contributed by atoms with Crippen molar-refractivity contribution in [2.45, 2.75) is 19.3 Å². The van der Waals surface area contributed by atoms with Crippen molar-refractivity contribution in [2.75, 3.05) is 31.6 Å². The topological polar surface area (TPSA) is 71.8 Å². The number of anilines is 1. The van der Waals surface area contributed by atoms with Gasteiger partial charge in [0.15, 0.2) is 11.3 Å². The van der Waals surface area contributed by atoms with Gasteiger partial charge in [0.1, 0.15) is 12.4 Å². The molecule has 1 N–H and O–H groups in total. The number of hydrogen-bond donors (Lipinski definition) is 1. The molecular weight excluding hydrogens is 342 g/mol. The number of benzene rings is 1. The number of carbonyl (C=O) groups excluding carboxylic acids is 1. The Morgan fingerprint density at radius 1 is 1.15 bits per heavy atom. The Morgan fingerprint density at radius 2 is 1.96 bits per heavy atom. The lowest BCUT2D eigenvalue weighted by Crippen LogP contribution is -2.33. The molecule has 0 atom stereocenters. The maximum Gasteiger partial charge on any atom is 0.276 e. The molecule has 4 rings (SSSR count). The Kier molecular flexibility index (Phi) is 5.29. The monoisotopic (exact) mass is 365 g/mol. The van der Waals surface area contributed by atoms with E-state index in [1.165, 1.54) is 32.4 Å². The van der Waals surface area contributed by atoms with Crippen LogP contribution in [-0.2, 0) is 0 Å². The van der Waals surface area contributed by atoms with Crippen molar-refractivity contribution >= 4 is 17.2 Å². The molecule has 1 amide bonds. The second-order valence-corrected chi connectivity index (χ2v) is 6.68. The molecule has 7 nitrogen and oxygen atoms in total. The average molecular weight is 365 g/mol. The summed E-state index contributed by atoms with van der Waals surface area (Å²) in [6.45, 7) is 3.99. The average Bonchev–Trinajstić information content (AvgIpc) is 3.15. The van der Waals surface area contributed by atoms with E-state index >= 15 is 0 Å². The third-order valence-electron chi connectivity index (χ3n) is 4.71. The van der Waals surface area contributed by atoms with Gasteiger partial charge in [-0.2, -0.15) is 5.10 Å². The molecule has 0 radical (unpaired) electrons. The number of likely N-dealkylation sites (tertiary alicyclic amines) is 1. The zero-order valence-electron chi connectivity index (χ0n) is 15.2. The van der Waals surface area contributed by atoms with Crippen molar-refractivity contribution in [3.05, 3.63) is 54.5 Å². The predicted molar refractivity (Wildman–Crippen MR) is 103 cm³/mol. The summed E-state index contributed by atoms with van der Waals surface area (Å²) in [4.78, 5) is 19.0. The van der Waals surface area contributed by atoms with E-state index in [4.69, 9.17) is 4.74 Å². The minimum Gasteiger partial charge on any atom is -0.492 e. The van der Waals surface area contributed by atoms with Crippen LogP contribution in [-0.4, -0.2) is 51.6 Å². The number of nitrogens with one attached hydrogen (secondary N) is 1. The number of hydrogen-bond acceptors (Lipinski definition) is 5. The maximum absolute atomic E-state index is 12.4. The van der Waals surface area contributed by atoms with Crippen LogP contribution in [0.1, 0.15) is 29.8 Å². The van der Waals surface area contributed by atoms with Crippen molar-refractivity contribution in [3.8, 4) is 5.75 Å². The zero-order chi connectivity index (χ0) is 18.5. The number of carbonyl (C=O) groups is 1. The molecule has 1 saturated heterocycles. The first kappa shape index (κ1) is 17.5. The number of aromatic nitrogens is 3. The number of ether oxygens (including phenoxy) is 1. The van der Waals surface area contributed by atoms with Crippen LogP contribution in [0.3, 0.4) is 0 Å². The molecule has 0 spiro atoms. The van der Waals surface area contributed by atoms with E-state index in [2.05, 4.69) is 20.3 Å². The first-order valence-electron chi connectivity index (χ1n) is 9.35. The lowest BCUT2D eigenvalue weighted by molar-refractivity contribution is 0.102. The second kappa shape index (κ2) is 8.18. The van der Waals surface area contributed by atoms with Gasteiger partial charge in [-0.1, -0.05) is 6.42 Å². The first-order valence-corrected chi connectivity index (χ1v) is 9.35. The number of fused-ring (bicyclic) bond motifs is 1. The Hall–Kier alpha value is -2.93. The van der Waals surface area contributed by atoms with Crippen LogP contribution in [0.2, 0.25) is 0 Å². The van der Waals surface area contributed by atoms with Crippen LogP contribution in [0.15, 0.2) is 48.8 Å². The number of rotatable bonds is 6.